The topological polar surface area (TPSA) is 46.1 Å². The van der Waals surface area contributed by atoms with Gasteiger partial charge >= 0.3 is 0 Å². The minimum atomic E-state index is -0.0813. The zero-order valence-electron chi connectivity index (χ0n) is 10.2. The van der Waals surface area contributed by atoms with E-state index in [4.69, 9.17) is 9.57 Å². The van der Waals surface area contributed by atoms with Crippen LogP contribution in [0, 0.1) is 0 Å². The molecule has 0 bridgehead atoms. The number of hydrogen-bond donors (Lipinski definition) is 1. The molecule has 5 heteroatoms. The third-order valence-corrected chi connectivity index (χ3v) is 3.14. The van der Waals surface area contributed by atoms with Gasteiger partial charge in [0.05, 0.1) is 19.8 Å². The van der Waals surface area contributed by atoms with Crippen molar-refractivity contribution < 1.29 is 9.57 Å². The van der Waals surface area contributed by atoms with E-state index in [-0.39, 0.29) is 6.17 Å². The van der Waals surface area contributed by atoms with Crippen LogP contribution in [0.5, 0.6) is 0 Å². The Balaban J connectivity index is 1.61. The van der Waals surface area contributed by atoms with Gasteiger partial charge in [0.1, 0.15) is 0 Å². The molecule has 0 amide bonds. The fourth-order valence-electron chi connectivity index (χ4n) is 2.12. The van der Waals surface area contributed by atoms with Crippen molar-refractivity contribution in [3.05, 3.63) is 35.9 Å². The van der Waals surface area contributed by atoms with Crippen LogP contribution in [-0.4, -0.2) is 43.6 Å². The third kappa shape index (κ3) is 2.69. The Labute approximate surface area is 106 Å². The van der Waals surface area contributed by atoms with Crippen LogP contribution in [0.2, 0.25) is 0 Å². The Kier molecular flexibility index (Phi) is 3.54. The second-order valence-electron chi connectivity index (χ2n) is 4.44. The molecule has 18 heavy (non-hydrogen) atoms. The molecule has 2 aliphatic heterocycles. The van der Waals surface area contributed by atoms with E-state index in [1.165, 1.54) is 0 Å². The molecule has 0 aromatic heterocycles. The summed E-state index contributed by atoms with van der Waals surface area (Å²) < 4.78 is 5.32. The van der Waals surface area contributed by atoms with Gasteiger partial charge in [-0.05, 0) is 5.56 Å². The van der Waals surface area contributed by atoms with Crippen LogP contribution in [0.15, 0.2) is 35.3 Å². The molecular formula is C13H17N3O2. The summed E-state index contributed by atoms with van der Waals surface area (Å²) in [5.74, 6) is 0.755. The molecule has 1 aromatic carbocycles. The number of nitrogens with one attached hydrogen (secondary N) is 1. The van der Waals surface area contributed by atoms with Crippen molar-refractivity contribution in [1.29, 1.82) is 0 Å². The smallest absolute Gasteiger partial charge is 0.225 e. The van der Waals surface area contributed by atoms with Gasteiger partial charge in [0.25, 0.3) is 0 Å². The number of hydrogen-bond acceptors (Lipinski definition) is 5. The average Bonchev–Trinajstić information content (AvgIpc) is 2.89. The van der Waals surface area contributed by atoms with Gasteiger partial charge in [-0.15, -0.1) is 5.48 Å². The zero-order valence-corrected chi connectivity index (χ0v) is 10.2. The van der Waals surface area contributed by atoms with Gasteiger partial charge in [-0.2, -0.15) is 0 Å². The number of morpholine rings is 1. The molecule has 1 N–H and O–H groups in total. The fourth-order valence-corrected chi connectivity index (χ4v) is 2.12. The first-order valence-electron chi connectivity index (χ1n) is 6.26. The summed E-state index contributed by atoms with van der Waals surface area (Å²) in [6.45, 7) is 4.22. The highest BCUT2D eigenvalue weighted by Gasteiger charge is 2.22. The van der Waals surface area contributed by atoms with Crippen molar-refractivity contribution in [2.75, 3.05) is 32.8 Å². The summed E-state index contributed by atoms with van der Waals surface area (Å²) in [6, 6.07) is 10.1. The van der Waals surface area contributed by atoms with E-state index in [9.17, 15) is 0 Å². The first kappa shape index (κ1) is 11.6. The maximum absolute atomic E-state index is 5.44. The molecule has 5 nitrogen and oxygen atoms in total. The molecule has 2 aliphatic rings. The maximum atomic E-state index is 5.44. The highest BCUT2D eigenvalue weighted by molar-refractivity contribution is 5.79. The molecule has 1 aromatic rings. The number of rotatable bonds is 3. The Bertz CT molecular complexity index is 416. The Morgan fingerprint density at radius 3 is 2.78 bits per heavy atom. The third-order valence-electron chi connectivity index (χ3n) is 3.14. The van der Waals surface area contributed by atoms with Crippen molar-refractivity contribution in [1.82, 2.24) is 10.4 Å². The summed E-state index contributed by atoms with van der Waals surface area (Å²) in [5.41, 5.74) is 4.07. The predicted octanol–water partition coefficient (Wildman–Crippen LogP) is 0.951. The second-order valence-corrected chi connectivity index (χ2v) is 4.44. The van der Waals surface area contributed by atoms with Crippen molar-refractivity contribution in [3.8, 4) is 0 Å². The molecular weight excluding hydrogens is 230 g/mol. The molecule has 2 heterocycles. The highest BCUT2D eigenvalue weighted by atomic mass is 16.7. The van der Waals surface area contributed by atoms with E-state index in [1.54, 1.807) is 0 Å². The van der Waals surface area contributed by atoms with Gasteiger partial charge in [0.2, 0.25) is 5.90 Å². The van der Waals surface area contributed by atoms with Crippen LogP contribution in [0.4, 0.5) is 0 Å². The highest BCUT2D eigenvalue weighted by Crippen LogP contribution is 2.18. The lowest BCUT2D eigenvalue weighted by Gasteiger charge is -2.25. The van der Waals surface area contributed by atoms with Gasteiger partial charge in [-0.1, -0.05) is 30.3 Å². The molecule has 3 rings (SSSR count). The SMILES string of the molecule is c1ccc([C@@H]2N=C(CN3CCOCC3)ON2)cc1. The zero-order chi connectivity index (χ0) is 12.2. The molecule has 0 spiro atoms. The van der Waals surface area contributed by atoms with Crippen LogP contribution in [0.1, 0.15) is 11.7 Å². The summed E-state index contributed by atoms with van der Waals surface area (Å²) >= 11 is 0. The van der Waals surface area contributed by atoms with E-state index >= 15 is 0 Å². The van der Waals surface area contributed by atoms with E-state index in [0.29, 0.717) is 0 Å². The minimum Gasteiger partial charge on any atom is -0.390 e. The summed E-state index contributed by atoms with van der Waals surface area (Å²) in [7, 11) is 0. The molecule has 1 saturated heterocycles. The predicted molar refractivity (Wildman–Crippen MR) is 68.1 cm³/mol. The van der Waals surface area contributed by atoms with Gasteiger partial charge in [-0.3, -0.25) is 4.90 Å². The van der Waals surface area contributed by atoms with Gasteiger partial charge in [-0.25, -0.2) is 4.99 Å². The second kappa shape index (κ2) is 5.48. The normalized spacial score (nSPS) is 24.7. The summed E-state index contributed by atoms with van der Waals surface area (Å²) in [5, 5.41) is 0. The van der Waals surface area contributed by atoms with Crippen molar-refractivity contribution in [3.63, 3.8) is 0 Å². The van der Waals surface area contributed by atoms with Crippen LogP contribution < -0.4 is 5.48 Å². The van der Waals surface area contributed by atoms with E-state index in [0.717, 1.165) is 44.3 Å². The number of ether oxygens (including phenoxy) is 1. The standard InChI is InChI=1S/C13H17N3O2/c1-2-4-11(5-3-1)13-14-12(18-15-13)10-16-6-8-17-9-7-16/h1-5,13,15H,6-10H2/t13-/m1/s1. The maximum Gasteiger partial charge on any atom is 0.225 e. The average molecular weight is 247 g/mol. The molecule has 96 valence electrons. The molecule has 0 radical (unpaired) electrons. The number of benzene rings is 1. The van der Waals surface area contributed by atoms with Crippen molar-refractivity contribution in [2.45, 2.75) is 6.17 Å². The van der Waals surface area contributed by atoms with Crippen LogP contribution in [0.25, 0.3) is 0 Å². The van der Waals surface area contributed by atoms with Crippen LogP contribution in [0.3, 0.4) is 0 Å². The van der Waals surface area contributed by atoms with Crippen molar-refractivity contribution >= 4 is 5.90 Å². The lowest BCUT2D eigenvalue weighted by atomic mass is 10.2. The fraction of sp³-hybridized carbons (Fsp3) is 0.462. The molecule has 0 aliphatic carbocycles. The van der Waals surface area contributed by atoms with E-state index < -0.39 is 0 Å². The molecule has 0 unspecified atom stereocenters. The lowest BCUT2D eigenvalue weighted by molar-refractivity contribution is 0.0417. The summed E-state index contributed by atoms with van der Waals surface area (Å²) in [6.07, 6.45) is -0.0813. The van der Waals surface area contributed by atoms with Crippen LogP contribution >= 0.6 is 0 Å². The van der Waals surface area contributed by atoms with E-state index in [1.807, 2.05) is 30.3 Å². The largest absolute Gasteiger partial charge is 0.390 e. The van der Waals surface area contributed by atoms with Gasteiger partial charge in [0.15, 0.2) is 6.17 Å². The number of hydroxylamine groups is 1. The quantitative estimate of drug-likeness (QED) is 0.864. The molecule has 1 fully saturated rings. The Morgan fingerprint density at radius 2 is 2.00 bits per heavy atom. The van der Waals surface area contributed by atoms with E-state index in [2.05, 4.69) is 15.4 Å². The van der Waals surface area contributed by atoms with Crippen LogP contribution in [-0.2, 0) is 9.57 Å². The van der Waals surface area contributed by atoms with Gasteiger partial charge < -0.3 is 9.57 Å². The summed E-state index contributed by atoms with van der Waals surface area (Å²) in [4.78, 5) is 12.3. The monoisotopic (exact) mass is 247 g/mol. The first-order chi connectivity index (χ1) is 8.92. The molecule has 0 saturated carbocycles. The van der Waals surface area contributed by atoms with Gasteiger partial charge in [0, 0.05) is 13.1 Å². The Hall–Kier alpha value is -1.43. The lowest BCUT2D eigenvalue weighted by Crippen LogP contribution is -2.39. The minimum absolute atomic E-state index is 0.0813. The number of nitrogens with zero attached hydrogens (tertiary/aromatic N) is 2. The Morgan fingerprint density at radius 1 is 1.22 bits per heavy atom. The van der Waals surface area contributed by atoms with Crippen molar-refractivity contribution in [2.24, 2.45) is 4.99 Å². The molecule has 1 atom stereocenters. The first-order valence-corrected chi connectivity index (χ1v) is 6.26. The number of aliphatic imine (C=N–C) groups is 1.